The molecule has 0 aromatic heterocycles. The van der Waals surface area contributed by atoms with Crippen molar-refractivity contribution >= 4 is 22.1 Å². The van der Waals surface area contributed by atoms with Crippen molar-refractivity contribution in [3.63, 3.8) is 0 Å². The van der Waals surface area contributed by atoms with Gasteiger partial charge in [-0.05, 0) is 77.0 Å². The molecule has 6 atom stereocenters. The van der Waals surface area contributed by atoms with Gasteiger partial charge in [-0.15, -0.1) is 0 Å². The molecule has 12 nitrogen and oxygen atoms in total. The van der Waals surface area contributed by atoms with Crippen LogP contribution in [0.5, 0.6) is 0 Å². The lowest BCUT2D eigenvalue weighted by molar-refractivity contribution is -0.297. The number of allylic oxidation sites excluding steroid dienone is 8. The van der Waals surface area contributed by atoms with Gasteiger partial charge in [0.2, 0.25) is 0 Å². The third-order valence-corrected chi connectivity index (χ3v) is 12.9. The van der Waals surface area contributed by atoms with Gasteiger partial charge in [0, 0.05) is 12.8 Å². The Bertz CT molecular complexity index is 1410. The van der Waals surface area contributed by atoms with Crippen LogP contribution < -0.4 is 0 Å². The lowest BCUT2D eigenvalue weighted by atomic mass is 10.00. The van der Waals surface area contributed by atoms with Crippen molar-refractivity contribution in [3.05, 3.63) is 48.6 Å². The van der Waals surface area contributed by atoms with Gasteiger partial charge in [-0.2, -0.15) is 8.42 Å². The first-order valence-electron chi connectivity index (χ1n) is 26.7. The van der Waals surface area contributed by atoms with E-state index in [0.717, 1.165) is 77.0 Å². The van der Waals surface area contributed by atoms with E-state index in [9.17, 15) is 37.9 Å². The first kappa shape index (κ1) is 62.6. The minimum atomic E-state index is -4.61. The van der Waals surface area contributed by atoms with Crippen molar-refractivity contribution in [2.24, 2.45) is 0 Å². The van der Waals surface area contributed by atoms with Gasteiger partial charge in [-0.3, -0.25) is 14.1 Å². The SMILES string of the molecule is CCCCCC/C=C\C/C=C\CCCCCCCC(=O)OCC(COC1OC(CS(=O)(=O)O)C(O)C(O)C1O)OC(=O)CCCCCCCCCCCCC/C=C\C/C=C\CCCCCCC. The van der Waals surface area contributed by atoms with E-state index >= 15 is 0 Å². The highest BCUT2D eigenvalue weighted by Gasteiger charge is 2.46. The number of hydrogen-bond donors (Lipinski definition) is 4. The van der Waals surface area contributed by atoms with Crippen molar-refractivity contribution in [2.45, 2.75) is 263 Å². The highest BCUT2D eigenvalue weighted by Crippen LogP contribution is 2.24. The summed E-state index contributed by atoms with van der Waals surface area (Å²) in [4.78, 5) is 25.5. The Balaban J connectivity index is 2.35. The molecule has 1 aliphatic rings. The number of carbonyl (C=O) groups is 2. The molecule has 1 fully saturated rings. The molecular formula is C54H96O12S. The molecule has 1 rings (SSSR count). The molecule has 0 aliphatic carbocycles. The topological polar surface area (TPSA) is 186 Å². The van der Waals surface area contributed by atoms with E-state index in [-0.39, 0.29) is 19.4 Å². The van der Waals surface area contributed by atoms with E-state index in [2.05, 4.69) is 62.5 Å². The lowest BCUT2D eigenvalue weighted by Gasteiger charge is -2.40. The number of ether oxygens (including phenoxy) is 4. The van der Waals surface area contributed by atoms with Crippen LogP contribution in [-0.4, -0.2) is 96.0 Å². The quantitative estimate of drug-likeness (QED) is 0.0196. The third-order valence-electron chi connectivity index (χ3n) is 12.1. The second kappa shape index (κ2) is 43.6. The van der Waals surface area contributed by atoms with Crippen LogP contribution in [0.25, 0.3) is 0 Å². The monoisotopic (exact) mass is 969 g/mol. The zero-order chi connectivity index (χ0) is 49.1. The molecule has 0 saturated carbocycles. The first-order valence-corrected chi connectivity index (χ1v) is 28.3. The van der Waals surface area contributed by atoms with Gasteiger partial charge in [0.15, 0.2) is 12.4 Å². The highest BCUT2D eigenvalue weighted by atomic mass is 32.2. The van der Waals surface area contributed by atoms with Crippen molar-refractivity contribution in [1.29, 1.82) is 0 Å². The molecule has 0 bridgehead atoms. The molecule has 390 valence electrons. The summed E-state index contributed by atoms with van der Waals surface area (Å²) < 4.78 is 54.3. The maximum absolute atomic E-state index is 12.9. The summed E-state index contributed by atoms with van der Waals surface area (Å²) in [6.45, 7) is 3.74. The molecule has 4 N–H and O–H groups in total. The van der Waals surface area contributed by atoms with E-state index in [4.69, 9.17) is 18.9 Å². The summed E-state index contributed by atoms with van der Waals surface area (Å²) in [6, 6.07) is 0. The zero-order valence-electron chi connectivity index (χ0n) is 42.0. The van der Waals surface area contributed by atoms with E-state index in [1.165, 1.54) is 109 Å². The molecule has 13 heteroatoms. The molecule has 0 amide bonds. The first-order chi connectivity index (χ1) is 32.5. The molecule has 1 heterocycles. The van der Waals surface area contributed by atoms with E-state index in [1.807, 2.05) is 0 Å². The minimum absolute atomic E-state index is 0.158. The molecule has 0 spiro atoms. The summed E-state index contributed by atoms with van der Waals surface area (Å²) >= 11 is 0. The summed E-state index contributed by atoms with van der Waals surface area (Å²) in [6.07, 6.45) is 44.3. The fraction of sp³-hybridized carbons (Fsp3) is 0.815. The molecule has 6 unspecified atom stereocenters. The van der Waals surface area contributed by atoms with Gasteiger partial charge in [-0.1, -0.05) is 184 Å². The average molecular weight is 969 g/mol. The number of unbranched alkanes of at least 4 members (excludes halogenated alkanes) is 25. The van der Waals surface area contributed by atoms with Gasteiger partial charge in [-0.25, -0.2) is 0 Å². The van der Waals surface area contributed by atoms with Gasteiger partial charge < -0.3 is 34.3 Å². The van der Waals surface area contributed by atoms with E-state index in [1.54, 1.807) is 0 Å². The molecule has 1 saturated heterocycles. The Morgan fingerprint density at radius 1 is 0.507 bits per heavy atom. The Kier molecular flexibility index (Phi) is 40.8. The molecule has 0 aromatic rings. The van der Waals surface area contributed by atoms with E-state index in [0.29, 0.717) is 12.8 Å². The molecule has 1 aliphatic heterocycles. The van der Waals surface area contributed by atoms with E-state index < -0.39 is 71.2 Å². The molecule has 0 radical (unpaired) electrons. The summed E-state index contributed by atoms with van der Waals surface area (Å²) in [5.74, 6) is -2.00. The molecule has 0 aromatic carbocycles. The maximum atomic E-state index is 12.9. The van der Waals surface area contributed by atoms with Crippen molar-refractivity contribution in [3.8, 4) is 0 Å². The normalized spacial score (nSPS) is 19.6. The smallest absolute Gasteiger partial charge is 0.306 e. The van der Waals surface area contributed by atoms with Crippen LogP contribution in [0.3, 0.4) is 0 Å². The van der Waals surface area contributed by atoms with Crippen molar-refractivity contribution in [1.82, 2.24) is 0 Å². The number of hydrogen-bond acceptors (Lipinski definition) is 11. The standard InChI is InChI=1S/C54H96O12S/c1-3-5-7-9-11-13-15-17-19-21-22-23-24-25-26-27-29-31-33-35-37-39-41-43-50(56)65-47(45-64-54-53(59)52(58)51(57)48(66-54)46-67(60,61)62)44-63-49(55)42-40-38-36-34-32-30-28-20-18-16-14-12-10-8-6-4-2/h14-17,20-22,28,47-48,51-54,57-59H,3-13,18-19,23-27,29-46H2,1-2H3,(H,60,61,62)/b16-14-,17-15-,22-21-,28-20-. The van der Waals surface area contributed by atoms with Gasteiger partial charge in [0.05, 0.1) is 6.61 Å². The fourth-order valence-electron chi connectivity index (χ4n) is 7.97. The number of esters is 2. The van der Waals surface area contributed by atoms with Gasteiger partial charge >= 0.3 is 11.9 Å². The van der Waals surface area contributed by atoms with Crippen LogP contribution in [0.2, 0.25) is 0 Å². The number of carbonyl (C=O) groups excluding carboxylic acids is 2. The number of rotatable bonds is 45. The highest BCUT2D eigenvalue weighted by molar-refractivity contribution is 7.85. The Labute approximate surface area is 407 Å². The minimum Gasteiger partial charge on any atom is -0.462 e. The van der Waals surface area contributed by atoms with Crippen LogP contribution in [-0.2, 0) is 38.7 Å². The summed E-state index contributed by atoms with van der Waals surface area (Å²) in [5, 5.41) is 31.0. The Morgan fingerprint density at radius 3 is 1.33 bits per heavy atom. The van der Waals surface area contributed by atoms with Crippen LogP contribution in [0.15, 0.2) is 48.6 Å². The van der Waals surface area contributed by atoms with Crippen LogP contribution in [0.1, 0.15) is 226 Å². The predicted octanol–water partition coefficient (Wildman–Crippen LogP) is 12.3. The summed E-state index contributed by atoms with van der Waals surface area (Å²) in [5.41, 5.74) is 0. The lowest BCUT2D eigenvalue weighted by Crippen LogP contribution is -2.60. The maximum Gasteiger partial charge on any atom is 0.306 e. The second-order valence-corrected chi connectivity index (χ2v) is 20.0. The molecule has 67 heavy (non-hydrogen) atoms. The average Bonchev–Trinajstić information content (AvgIpc) is 3.30. The largest absolute Gasteiger partial charge is 0.462 e. The fourth-order valence-corrected chi connectivity index (χ4v) is 8.66. The Hall–Kier alpha value is -2.39. The second-order valence-electron chi connectivity index (χ2n) is 18.5. The number of aliphatic hydroxyl groups excluding tert-OH is 3. The van der Waals surface area contributed by atoms with Crippen molar-refractivity contribution < 1.29 is 56.8 Å². The van der Waals surface area contributed by atoms with Crippen molar-refractivity contribution in [2.75, 3.05) is 19.0 Å². The number of aliphatic hydroxyl groups is 3. The predicted molar refractivity (Wildman–Crippen MR) is 270 cm³/mol. The van der Waals surface area contributed by atoms with Crippen LogP contribution in [0.4, 0.5) is 0 Å². The zero-order valence-corrected chi connectivity index (χ0v) is 42.8. The third kappa shape index (κ3) is 38.1. The van der Waals surface area contributed by atoms with Gasteiger partial charge in [0.25, 0.3) is 10.1 Å². The summed E-state index contributed by atoms with van der Waals surface area (Å²) in [7, 11) is -4.61. The van der Waals surface area contributed by atoms with Crippen LogP contribution in [0, 0.1) is 0 Å². The van der Waals surface area contributed by atoms with Crippen LogP contribution >= 0.6 is 0 Å². The Morgan fingerprint density at radius 2 is 0.896 bits per heavy atom. The molecular weight excluding hydrogens is 873 g/mol. The van der Waals surface area contributed by atoms with Gasteiger partial charge in [0.1, 0.15) is 36.8 Å².